The lowest BCUT2D eigenvalue weighted by Crippen LogP contribution is -2.29. The third-order valence-corrected chi connectivity index (χ3v) is 5.19. The van der Waals surface area contributed by atoms with Gasteiger partial charge in [-0.15, -0.1) is 0 Å². The predicted octanol–water partition coefficient (Wildman–Crippen LogP) is 5.71. The van der Waals surface area contributed by atoms with Gasteiger partial charge >= 0.3 is 6.18 Å². The molecule has 3 aromatic rings. The summed E-state index contributed by atoms with van der Waals surface area (Å²) in [6, 6.07) is 12.1. The normalized spacial score (nSPS) is 18.1. The molecule has 1 N–H and O–H groups in total. The van der Waals surface area contributed by atoms with Gasteiger partial charge in [-0.05, 0) is 56.3 Å². The van der Waals surface area contributed by atoms with Gasteiger partial charge in [0.25, 0.3) is 11.7 Å². The van der Waals surface area contributed by atoms with Crippen LogP contribution in [-0.2, 0) is 15.8 Å². The Balaban J connectivity index is 1.88. The van der Waals surface area contributed by atoms with E-state index >= 15 is 0 Å². The van der Waals surface area contributed by atoms with E-state index < -0.39 is 35.2 Å². The first-order valence-corrected chi connectivity index (χ1v) is 10.4. The van der Waals surface area contributed by atoms with Crippen LogP contribution in [0.25, 0.3) is 5.76 Å². The molecule has 34 heavy (non-hydrogen) atoms. The molecule has 176 valence electrons. The number of hydrogen-bond acceptors (Lipinski definition) is 5. The lowest BCUT2D eigenvalue weighted by atomic mass is 9.99. The van der Waals surface area contributed by atoms with Crippen LogP contribution in [0.5, 0.6) is 5.75 Å². The number of hydrogen-bond donors (Lipinski definition) is 1. The second kappa shape index (κ2) is 8.74. The van der Waals surface area contributed by atoms with E-state index in [9.17, 15) is 27.9 Å². The van der Waals surface area contributed by atoms with Crippen molar-refractivity contribution in [1.82, 2.24) is 0 Å². The minimum absolute atomic E-state index is 0.104. The highest BCUT2D eigenvalue weighted by Gasteiger charge is 2.48. The molecular formula is C25H20F3NO5. The number of nitrogens with zero attached hydrogens (tertiary/aromatic N) is 1. The minimum atomic E-state index is -4.65. The van der Waals surface area contributed by atoms with Crippen molar-refractivity contribution in [2.24, 2.45) is 0 Å². The summed E-state index contributed by atoms with van der Waals surface area (Å²) in [7, 11) is 0. The zero-order valence-electron chi connectivity index (χ0n) is 18.2. The van der Waals surface area contributed by atoms with Crippen LogP contribution >= 0.6 is 0 Å². The van der Waals surface area contributed by atoms with Gasteiger partial charge in [0.15, 0.2) is 0 Å². The number of furan rings is 1. The molecule has 6 nitrogen and oxygen atoms in total. The number of alkyl halides is 3. The Labute approximate surface area is 192 Å². The van der Waals surface area contributed by atoms with E-state index in [-0.39, 0.29) is 28.7 Å². The monoisotopic (exact) mass is 471 g/mol. The zero-order chi connectivity index (χ0) is 24.6. The first-order valence-electron chi connectivity index (χ1n) is 10.4. The number of ketones is 1. The van der Waals surface area contributed by atoms with Crippen LogP contribution < -0.4 is 9.64 Å². The molecule has 1 aliphatic rings. The molecule has 1 amide bonds. The second-order valence-electron chi connectivity index (χ2n) is 7.93. The molecule has 2 aromatic carbocycles. The molecule has 1 aromatic heterocycles. The highest BCUT2D eigenvalue weighted by molar-refractivity contribution is 6.51. The third kappa shape index (κ3) is 4.28. The van der Waals surface area contributed by atoms with Crippen LogP contribution in [0, 0.1) is 0 Å². The lowest BCUT2D eigenvalue weighted by molar-refractivity contribution is -0.137. The van der Waals surface area contributed by atoms with E-state index in [1.165, 1.54) is 36.6 Å². The molecule has 0 spiro atoms. The Morgan fingerprint density at radius 1 is 1.06 bits per heavy atom. The number of anilines is 1. The van der Waals surface area contributed by atoms with Gasteiger partial charge in [0.2, 0.25) is 0 Å². The molecule has 0 bridgehead atoms. The number of benzene rings is 2. The zero-order valence-corrected chi connectivity index (χ0v) is 18.2. The van der Waals surface area contributed by atoms with Gasteiger partial charge in [0.05, 0.1) is 23.5 Å². The number of ether oxygens (including phenoxy) is 1. The quantitative estimate of drug-likeness (QED) is 0.293. The second-order valence-corrected chi connectivity index (χ2v) is 7.93. The van der Waals surface area contributed by atoms with Crippen molar-refractivity contribution < 1.29 is 37.0 Å². The van der Waals surface area contributed by atoms with Crippen LogP contribution in [-0.4, -0.2) is 22.9 Å². The molecule has 1 fully saturated rings. The number of aliphatic hydroxyl groups excluding tert-OH is 1. The Hall–Kier alpha value is -4.01. The molecule has 1 aliphatic heterocycles. The molecule has 2 heterocycles. The summed E-state index contributed by atoms with van der Waals surface area (Å²) in [5.74, 6) is -2.10. The predicted molar refractivity (Wildman–Crippen MR) is 117 cm³/mol. The van der Waals surface area contributed by atoms with Crippen LogP contribution in [0.2, 0.25) is 0 Å². The van der Waals surface area contributed by atoms with Gasteiger partial charge in [0, 0.05) is 11.3 Å². The fraction of sp³-hybridized carbons (Fsp3) is 0.200. The largest absolute Gasteiger partial charge is 0.507 e. The summed E-state index contributed by atoms with van der Waals surface area (Å²) >= 11 is 0. The Morgan fingerprint density at radius 3 is 2.44 bits per heavy atom. The maximum atomic E-state index is 13.3. The minimum Gasteiger partial charge on any atom is -0.507 e. The van der Waals surface area contributed by atoms with Crippen molar-refractivity contribution in [1.29, 1.82) is 0 Å². The van der Waals surface area contributed by atoms with E-state index in [0.717, 1.165) is 23.1 Å². The number of carbonyl (C=O) groups is 2. The molecule has 0 radical (unpaired) electrons. The Bertz CT molecular complexity index is 1260. The molecule has 1 atom stereocenters. The first kappa shape index (κ1) is 23.2. The molecule has 0 saturated carbocycles. The van der Waals surface area contributed by atoms with Crippen LogP contribution in [0.4, 0.5) is 18.9 Å². The van der Waals surface area contributed by atoms with Gasteiger partial charge in [0.1, 0.15) is 23.3 Å². The molecule has 1 saturated heterocycles. The van der Waals surface area contributed by atoms with Gasteiger partial charge in [-0.1, -0.05) is 18.2 Å². The molecule has 1 unspecified atom stereocenters. The fourth-order valence-electron chi connectivity index (χ4n) is 3.79. The fourth-order valence-corrected chi connectivity index (χ4v) is 3.79. The standard InChI is InChI=1S/C25H20F3NO5/c1-14(2)34-18-9-3-6-15(12-18)22(30)20-21(19-10-5-11-33-19)29(24(32)23(20)31)17-8-4-7-16(13-17)25(26,27)28/h3-14,21,30H,1-2H3/b22-20-. The first-order chi connectivity index (χ1) is 16.1. The van der Waals surface area contributed by atoms with E-state index in [2.05, 4.69) is 0 Å². The summed E-state index contributed by atoms with van der Waals surface area (Å²) in [6.45, 7) is 3.65. The van der Waals surface area contributed by atoms with E-state index in [4.69, 9.17) is 9.15 Å². The van der Waals surface area contributed by atoms with Crippen LogP contribution in [0.15, 0.2) is 76.9 Å². The lowest BCUT2D eigenvalue weighted by Gasteiger charge is -2.24. The summed E-state index contributed by atoms with van der Waals surface area (Å²) in [5.41, 5.74) is -1.24. The van der Waals surface area contributed by atoms with Crippen molar-refractivity contribution in [3.05, 3.63) is 89.4 Å². The number of Topliss-reactive ketones (excluding diaryl/α,β-unsaturated/α-hetero) is 1. The SMILES string of the molecule is CC(C)Oc1cccc(/C(O)=C2/C(=O)C(=O)N(c3cccc(C(F)(F)F)c3)C2c2ccco2)c1. The van der Waals surface area contributed by atoms with Crippen LogP contribution in [0.3, 0.4) is 0 Å². The number of amides is 1. The number of halogens is 3. The van der Waals surface area contributed by atoms with E-state index in [0.29, 0.717) is 5.75 Å². The summed E-state index contributed by atoms with van der Waals surface area (Å²) in [6.07, 6.45) is -3.49. The summed E-state index contributed by atoms with van der Waals surface area (Å²) < 4.78 is 51.0. The highest BCUT2D eigenvalue weighted by atomic mass is 19.4. The molecule has 4 rings (SSSR count). The van der Waals surface area contributed by atoms with Crippen molar-refractivity contribution in [2.45, 2.75) is 32.2 Å². The maximum absolute atomic E-state index is 13.3. The number of carbonyl (C=O) groups excluding carboxylic acids is 2. The molecule has 9 heteroatoms. The maximum Gasteiger partial charge on any atom is 0.416 e. The number of aliphatic hydroxyl groups is 1. The smallest absolute Gasteiger partial charge is 0.416 e. The third-order valence-electron chi connectivity index (χ3n) is 5.19. The van der Waals surface area contributed by atoms with E-state index in [1.54, 1.807) is 12.1 Å². The van der Waals surface area contributed by atoms with Gasteiger partial charge in [-0.3, -0.25) is 14.5 Å². The Kier molecular flexibility index (Phi) is 5.95. The summed E-state index contributed by atoms with van der Waals surface area (Å²) in [4.78, 5) is 27.0. The molecular weight excluding hydrogens is 451 g/mol. The summed E-state index contributed by atoms with van der Waals surface area (Å²) in [5, 5.41) is 11.1. The van der Waals surface area contributed by atoms with Crippen molar-refractivity contribution in [3.63, 3.8) is 0 Å². The van der Waals surface area contributed by atoms with Gasteiger partial charge in [-0.2, -0.15) is 13.2 Å². The van der Waals surface area contributed by atoms with Gasteiger partial charge < -0.3 is 14.3 Å². The molecule has 0 aliphatic carbocycles. The average molecular weight is 471 g/mol. The van der Waals surface area contributed by atoms with Crippen LogP contribution in [0.1, 0.15) is 36.8 Å². The topological polar surface area (TPSA) is 80.0 Å². The van der Waals surface area contributed by atoms with Crippen molar-refractivity contribution in [3.8, 4) is 5.75 Å². The van der Waals surface area contributed by atoms with Crippen molar-refractivity contribution >= 4 is 23.1 Å². The van der Waals surface area contributed by atoms with Crippen molar-refractivity contribution in [2.75, 3.05) is 4.90 Å². The highest BCUT2D eigenvalue weighted by Crippen LogP contribution is 2.43. The van der Waals surface area contributed by atoms with E-state index in [1.807, 2.05) is 13.8 Å². The Morgan fingerprint density at radius 2 is 1.79 bits per heavy atom. The average Bonchev–Trinajstić information content (AvgIpc) is 3.39. The van der Waals surface area contributed by atoms with Gasteiger partial charge in [-0.25, -0.2) is 0 Å². The number of rotatable bonds is 5.